The second-order valence-electron chi connectivity index (χ2n) is 4.50. The van der Waals surface area contributed by atoms with Crippen LogP contribution in [0.5, 0.6) is 0 Å². The molecule has 0 saturated carbocycles. The molecule has 0 saturated heterocycles. The molecule has 118 valence electrons. The van der Waals surface area contributed by atoms with Crippen molar-refractivity contribution in [3.05, 3.63) is 35.4 Å². The van der Waals surface area contributed by atoms with E-state index in [9.17, 15) is 18.0 Å². The number of halogens is 3. The Labute approximate surface area is 121 Å². The van der Waals surface area contributed by atoms with Gasteiger partial charge in [-0.25, -0.2) is 0 Å². The summed E-state index contributed by atoms with van der Waals surface area (Å²) in [7, 11) is 1.52. The van der Waals surface area contributed by atoms with E-state index in [-0.39, 0.29) is 11.5 Å². The van der Waals surface area contributed by atoms with Crippen LogP contribution >= 0.6 is 0 Å². The Morgan fingerprint density at radius 2 is 1.86 bits per heavy atom. The maximum absolute atomic E-state index is 12.5. The highest BCUT2D eigenvalue weighted by Gasteiger charge is 2.30. The van der Waals surface area contributed by atoms with E-state index >= 15 is 0 Å². The van der Waals surface area contributed by atoms with E-state index in [1.165, 1.54) is 24.1 Å². The molecule has 1 aromatic carbocycles. The monoisotopic (exact) mass is 304 g/mol. The summed E-state index contributed by atoms with van der Waals surface area (Å²) in [5.74, 6) is -0.325. The second kappa shape index (κ2) is 7.99. The summed E-state index contributed by atoms with van der Waals surface area (Å²) in [6.07, 6.45) is -3.78. The molecule has 0 fully saturated rings. The number of hydrogen-bond acceptors (Lipinski definition) is 3. The van der Waals surface area contributed by atoms with Crippen molar-refractivity contribution in [3.8, 4) is 0 Å². The number of rotatable bonds is 7. The highest BCUT2D eigenvalue weighted by Crippen LogP contribution is 2.29. The van der Waals surface area contributed by atoms with Crippen LogP contribution in [0.3, 0.4) is 0 Å². The van der Waals surface area contributed by atoms with Crippen molar-refractivity contribution in [2.75, 3.05) is 33.4 Å². The number of benzene rings is 1. The molecular weight excluding hydrogens is 285 g/mol. The predicted octanol–water partition coefficient (Wildman–Crippen LogP) is 2.14. The number of carbonyl (C=O) groups excluding carboxylic acids is 1. The van der Waals surface area contributed by atoms with Gasteiger partial charge in [-0.15, -0.1) is 0 Å². The first-order chi connectivity index (χ1) is 9.90. The van der Waals surface area contributed by atoms with Crippen molar-refractivity contribution in [1.82, 2.24) is 4.90 Å². The number of carbonyl (C=O) groups is 1. The van der Waals surface area contributed by atoms with E-state index in [2.05, 4.69) is 0 Å². The van der Waals surface area contributed by atoms with Crippen LogP contribution in [-0.4, -0.2) is 44.2 Å². The topological polar surface area (TPSA) is 55.6 Å². The third kappa shape index (κ3) is 5.35. The van der Waals surface area contributed by atoms with Crippen LogP contribution in [0, 0.1) is 0 Å². The van der Waals surface area contributed by atoms with E-state index in [1.807, 2.05) is 0 Å². The Kier molecular flexibility index (Phi) is 6.64. The number of hydrogen-bond donors (Lipinski definition) is 1. The highest BCUT2D eigenvalue weighted by atomic mass is 19.4. The molecular formula is C14H19F3N2O2. The Morgan fingerprint density at radius 1 is 1.24 bits per heavy atom. The van der Waals surface area contributed by atoms with E-state index in [4.69, 9.17) is 10.5 Å². The lowest BCUT2D eigenvalue weighted by Crippen LogP contribution is -2.35. The standard InChI is InChI=1S/C14H19F3N2O2/c1-21-10-9-19(8-2-7-18)13(20)11-3-5-12(6-4-11)14(15,16)17/h3-6H,2,7-10,18H2,1H3. The van der Waals surface area contributed by atoms with Crippen molar-refractivity contribution < 1.29 is 22.7 Å². The van der Waals surface area contributed by atoms with E-state index < -0.39 is 11.7 Å². The SMILES string of the molecule is COCCN(CCCN)C(=O)c1ccc(C(F)(F)F)cc1. The molecule has 0 radical (unpaired) electrons. The van der Waals surface area contributed by atoms with Crippen LogP contribution in [0.2, 0.25) is 0 Å². The van der Waals surface area contributed by atoms with Gasteiger partial charge in [-0.3, -0.25) is 4.79 Å². The van der Waals surface area contributed by atoms with Crippen LogP contribution in [-0.2, 0) is 10.9 Å². The first-order valence-electron chi connectivity index (χ1n) is 6.55. The molecule has 1 rings (SSSR count). The number of nitrogens with two attached hydrogens (primary N) is 1. The summed E-state index contributed by atoms with van der Waals surface area (Å²) in [5, 5.41) is 0. The average Bonchev–Trinajstić information content (AvgIpc) is 2.46. The van der Waals surface area contributed by atoms with Crippen LogP contribution < -0.4 is 5.73 Å². The Hall–Kier alpha value is -1.60. The molecule has 1 aromatic rings. The number of nitrogens with zero attached hydrogens (tertiary/aromatic N) is 1. The molecule has 2 N–H and O–H groups in total. The zero-order valence-electron chi connectivity index (χ0n) is 11.8. The van der Waals surface area contributed by atoms with Crippen LogP contribution in [0.1, 0.15) is 22.3 Å². The van der Waals surface area contributed by atoms with Crippen molar-refractivity contribution >= 4 is 5.91 Å². The van der Waals surface area contributed by atoms with Crippen molar-refractivity contribution in [1.29, 1.82) is 0 Å². The van der Waals surface area contributed by atoms with Gasteiger partial charge in [0.15, 0.2) is 0 Å². The lowest BCUT2D eigenvalue weighted by Gasteiger charge is -2.22. The zero-order valence-corrected chi connectivity index (χ0v) is 11.8. The van der Waals surface area contributed by atoms with Crippen molar-refractivity contribution in [2.24, 2.45) is 5.73 Å². The van der Waals surface area contributed by atoms with Crippen LogP contribution in [0.25, 0.3) is 0 Å². The number of ether oxygens (including phenoxy) is 1. The molecule has 0 spiro atoms. The van der Waals surface area contributed by atoms with Crippen molar-refractivity contribution in [3.63, 3.8) is 0 Å². The fourth-order valence-corrected chi connectivity index (χ4v) is 1.78. The number of methoxy groups -OCH3 is 1. The molecule has 0 aromatic heterocycles. The van der Waals surface area contributed by atoms with Gasteiger partial charge in [-0.2, -0.15) is 13.2 Å². The fourth-order valence-electron chi connectivity index (χ4n) is 1.78. The second-order valence-corrected chi connectivity index (χ2v) is 4.50. The largest absolute Gasteiger partial charge is 0.416 e. The minimum Gasteiger partial charge on any atom is -0.383 e. The van der Waals surface area contributed by atoms with Gasteiger partial charge in [0.25, 0.3) is 5.91 Å². The molecule has 21 heavy (non-hydrogen) atoms. The quantitative estimate of drug-likeness (QED) is 0.839. The molecule has 1 amide bonds. The Balaban J connectivity index is 2.82. The molecule has 4 nitrogen and oxygen atoms in total. The van der Waals surface area contributed by atoms with Gasteiger partial charge in [0.1, 0.15) is 0 Å². The first-order valence-corrected chi connectivity index (χ1v) is 6.55. The molecule has 0 aliphatic rings. The third-order valence-electron chi connectivity index (χ3n) is 2.94. The van der Waals surface area contributed by atoms with Crippen molar-refractivity contribution in [2.45, 2.75) is 12.6 Å². The van der Waals surface area contributed by atoms with E-state index in [0.29, 0.717) is 32.7 Å². The molecule has 7 heteroatoms. The van der Waals surface area contributed by atoms with Gasteiger partial charge in [0.05, 0.1) is 12.2 Å². The third-order valence-corrected chi connectivity index (χ3v) is 2.94. The summed E-state index contributed by atoms with van der Waals surface area (Å²) in [5.41, 5.74) is 4.86. The van der Waals surface area contributed by atoms with Gasteiger partial charge >= 0.3 is 6.18 Å². The minimum atomic E-state index is -4.41. The van der Waals surface area contributed by atoms with E-state index in [0.717, 1.165) is 12.1 Å². The van der Waals surface area contributed by atoms with Gasteiger partial charge in [0.2, 0.25) is 0 Å². The van der Waals surface area contributed by atoms with Gasteiger partial charge in [0, 0.05) is 25.8 Å². The molecule has 0 aliphatic carbocycles. The highest BCUT2D eigenvalue weighted by molar-refractivity contribution is 5.94. The lowest BCUT2D eigenvalue weighted by molar-refractivity contribution is -0.137. The maximum atomic E-state index is 12.5. The molecule has 0 heterocycles. The molecule has 0 aliphatic heterocycles. The maximum Gasteiger partial charge on any atom is 0.416 e. The average molecular weight is 304 g/mol. The summed E-state index contributed by atoms with van der Waals surface area (Å²) >= 11 is 0. The first kappa shape index (κ1) is 17.5. The normalized spacial score (nSPS) is 11.5. The summed E-state index contributed by atoms with van der Waals surface area (Å²) in [6.45, 7) is 1.61. The minimum absolute atomic E-state index is 0.219. The smallest absolute Gasteiger partial charge is 0.383 e. The van der Waals surface area contributed by atoms with E-state index in [1.54, 1.807) is 0 Å². The van der Waals surface area contributed by atoms with Crippen LogP contribution in [0.15, 0.2) is 24.3 Å². The summed E-state index contributed by atoms with van der Waals surface area (Å²) < 4.78 is 42.4. The number of amides is 1. The molecule has 0 bridgehead atoms. The lowest BCUT2D eigenvalue weighted by atomic mass is 10.1. The number of alkyl halides is 3. The zero-order chi connectivity index (χ0) is 15.9. The molecule has 0 atom stereocenters. The molecule has 0 unspecified atom stereocenters. The fraction of sp³-hybridized carbons (Fsp3) is 0.500. The van der Waals surface area contributed by atoms with Gasteiger partial charge < -0.3 is 15.4 Å². The summed E-state index contributed by atoms with van der Waals surface area (Å²) in [4.78, 5) is 13.8. The van der Waals surface area contributed by atoms with Gasteiger partial charge in [-0.05, 0) is 37.2 Å². The predicted molar refractivity (Wildman–Crippen MR) is 72.9 cm³/mol. The Morgan fingerprint density at radius 3 is 2.33 bits per heavy atom. The van der Waals surface area contributed by atoms with Gasteiger partial charge in [-0.1, -0.05) is 0 Å². The Bertz CT molecular complexity index is 439. The van der Waals surface area contributed by atoms with Crippen LogP contribution in [0.4, 0.5) is 13.2 Å². The summed E-state index contributed by atoms with van der Waals surface area (Å²) in [6, 6.07) is 4.19.